The maximum absolute atomic E-state index is 9.63. The van der Waals surface area contributed by atoms with Gasteiger partial charge in [0.2, 0.25) is 0 Å². The molecular formula is C51H31N3OS. The minimum atomic E-state index is -0.334. The van der Waals surface area contributed by atoms with E-state index in [1.54, 1.807) is 35.6 Å². The Bertz CT molecular complexity index is 3580. The normalized spacial score (nSPS) is 13.1. The van der Waals surface area contributed by atoms with Crippen molar-refractivity contribution in [2.24, 2.45) is 0 Å². The summed E-state index contributed by atoms with van der Waals surface area (Å²) in [5, 5.41) is 2.17. The van der Waals surface area contributed by atoms with Crippen molar-refractivity contribution in [2.45, 2.75) is 0 Å². The van der Waals surface area contributed by atoms with Gasteiger partial charge in [-0.2, -0.15) is 0 Å². The van der Waals surface area contributed by atoms with Crippen molar-refractivity contribution in [3.63, 3.8) is 0 Å². The summed E-state index contributed by atoms with van der Waals surface area (Å²) in [4.78, 5) is 15.2. The third kappa shape index (κ3) is 5.65. The Kier molecular flexibility index (Phi) is 6.29. The Balaban J connectivity index is 1.19. The van der Waals surface area contributed by atoms with Crippen LogP contribution in [0.3, 0.4) is 0 Å². The van der Waals surface area contributed by atoms with Crippen molar-refractivity contribution in [2.75, 3.05) is 0 Å². The highest BCUT2D eigenvalue weighted by Gasteiger charge is 2.20. The smallest absolute Gasteiger partial charge is 0.164 e. The average molecular weight is 740 g/mol. The maximum Gasteiger partial charge on any atom is 0.164 e. The summed E-state index contributed by atoms with van der Waals surface area (Å²) in [5.74, 6) is 0.640. The van der Waals surface area contributed by atoms with E-state index in [1.807, 2.05) is 91.0 Å². The van der Waals surface area contributed by atoms with Crippen LogP contribution in [0.2, 0.25) is 0 Å². The number of hydrogen-bond acceptors (Lipinski definition) is 5. The molecule has 0 N–H and O–H groups in total. The van der Waals surface area contributed by atoms with Gasteiger partial charge in [0.05, 0.1) is 8.22 Å². The Hall–Kier alpha value is -7.21. The zero-order valence-electron chi connectivity index (χ0n) is 35.6. The molecule has 8 aromatic carbocycles. The molecule has 0 spiro atoms. The molecule has 0 aliphatic rings. The molecule has 0 saturated heterocycles. The number of thiophene rings is 1. The molecule has 262 valence electrons. The topological polar surface area (TPSA) is 51.8 Å². The lowest BCUT2D eigenvalue weighted by atomic mass is 9.98. The van der Waals surface area contributed by atoms with Crippen LogP contribution in [-0.2, 0) is 0 Å². The average Bonchev–Trinajstić information content (AvgIpc) is 3.91. The number of fused-ring (bicyclic) bond motifs is 6. The summed E-state index contributed by atoms with van der Waals surface area (Å²) < 4.78 is 64.0. The van der Waals surface area contributed by atoms with E-state index >= 15 is 0 Å². The third-order valence-electron chi connectivity index (χ3n) is 10.0. The van der Waals surface area contributed by atoms with Gasteiger partial charge in [-0.15, -0.1) is 11.3 Å². The largest absolute Gasteiger partial charge is 0.456 e. The first kappa shape index (κ1) is 26.5. The lowest BCUT2D eigenvalue weighted by Crippen LogP contribution is -2.00. The maximum atomic E-state index is 9.63. The molecule has 0 aliphatic heterocycles. The van der Waals surface area contributed by atoms with Gasteiger partial charge in [-0.25, -0.2) is 15.0 Å². The van der Waals surface area contributed by atoms with Crippen LogP contribution in [0.25, 0.3) is 110 Å². The first-order chi connectivity index (χ1) is 30.2. The molecule has 4 nitrogen and oxygen atoms in total. The highest BCUT2D eigenvalue weighted by molar-refractivity contribution is 7.26. The van der Waals surface area contributed by atoms with E-state index in [-0.39, 0.29) is 75.1 Å². The van der Waals surface area contributed by atoms with Crippen LogP contribution in [0.4, 0.5) is 0 Å². The molecule has 0 fully saturated rings. The molecule has 0 unspecified atom stereocenters. The summed E-state index contributed by atoms with van der Waals surface area (Å²) in [6.45, 7) is 0. The van der Waals surface area contributed by atoms with Gasteiger partial charge in [0.25, 0.3) is 0 Å². The second-order valence-corrected chi connectivity index (χ2v) is 14.6. The minimum absolute atomic E-state index is 0.00383. The first-order valence-corrected chi connectivity index (χ1v) is 19.0. The Morgan fingerprint density at radius 1 is 0.393 bits per heavy atom. The molecule has 0 saturated carbocycles. The minimum Gasteiger partial charge on any atom is -0.456 e. The Labute approximate surface area is 335 Å². The second-order valence-electron chi connectivity index (χ2n) is 13.5. The van der Waals surface area contributed by atoms with E-state index in [4.69, 9.17) is 22.1 Å². The molecule has 0 aliphatic carbocycles. The van der Waals surface area contributed by atoms with Crippen LogP contribution in [0.1, 0.15) is 8.22 Å². The summed E-state index contributed by atoms with van der Waals surface area (Å²) in [6.07, 6.45) is 0. The molecule has 3 heterocycles. The number of furan rings is 1. The highest BCUT2D eigenvalue weighted by Crippen LogP contribution is 2.43. The van der Waals surface area contributed by atoms with Gasteiger partial charge < -0.3 is 4.42 Å². The SMILES string of the molecule is [2H]c1c(-c2ccccc2)c([2H])c2c(oc3c([2H])c(-c4nc(-c5ccc(-c6ccccc6)cc5)nc(-c5cc(-c6ccccc6)cc6sc7ccccc7c56)n4)c([2H])c([2H])c32)c1[2H]. The van der Waals surface area contributed by atoms with Crippen LogP contribution < -0.4 is 0 Å². The summed E-state index contributed by atoms with van der Waals surface area (Å²) in [6, 6.07) is 48.0. The fraction of sp³-hybridized carbons (Fsp3) is 0. The zero-order chi connectivity index (χ0) is 42.2. The molecule has 0 bridgehead atoms. The Morgan fingerprint density at radius 3 is 1.70 bits per heavy atom. The van der Waals surface area contributed by atoms with Crippen molar-refractivity contribution in [1.82, 2.24) is 15.0 Å². The lowest BCUT2D eigenvalue weighted by Gasteiger charge is -2.12. The molecule has 5 heteroatoms. The van der Waals surface area contributed by atoms with E-state index in [1.165, 1.54) is 0 Å². The van der Waals surface area contributed by atoms with Gasteiger partial charge in [0.15, 0.2) is 17.5 Å². The number of nitrogens with zero attached hydrogens (tertiary/aromatic N) is 3. The molecule has 0 amide bonds. The fourth-order valence-electron chi connectivity index (χ4n) is 7.26. The molecular weight excluding hydrogens is 703 g/mol. The molecule has 0 atom stereocenters. The van der Waals surface area contributed by atoms with E-state index in [2.05, 4.69) is 36.4 Å². The zero-order valence-corrected chi connectivity index (χ0v) is 30.4. The van der Waals surface area contributed by atoms with Crippen LogP contribution in [0.5, 0.6) is 0 Å². The van der Waals surface area contributed by atoms with Gasteiger partial charge in [0, 0.05) is 47.6 Å². The van der Waals surface area contributed by atoms with Crippen molar-refractivity contribution in [3.8, 4) is 67.5 Å². The molecule has 11 rings (SSSR count). The number of hydrogen-bond donors (Lipinski definition) is 0. The van der Waals surface area contributed by atoms with Gasteiger partial charge in [-0.05, 0) is 75.7 Å². The van der Waals surface area contributed by atoms with Crippen LogP contribution in [0, 0.1) is 0 Å². The van der Waals surface area contributed by atoms with E-state index in [0.29, 0.717) is 22.8 Å². The molecule has 56 heavy (non-hydrogen) atoms. The summed E-state index contributed by atoms with van der Waals surface area (Å²) >= 11 is 1.68. The van der Waals surface area contributed by atoms with Crippen molar-refractivity contribution < 1.29 is 12.6 Å². The highest BCUT2D eigenvalue weighted by atomic mass is 32.1. The van der Waals surface area contributed by atoms with Gasteiger partial charge in [-0.3, -0.25) is 0 Å². The van der Waals surface area contributed by atoms with E-state index in [9.17, 15) is 5.48 Å². The predicted octanol–water partition coefficient (Wildman–Crippen LogP) is 14.1. The molecule has 3 aromatic heterocycles. The summed E-state index contributed by atoms with van der Waals surface area (Å²) in [7, 11) is 0. The number of rotatable bonds is 6. The molecule has 11 aromatic rings. The number of benzene rings is 8. The lowest BCUT2D eigenvalue weighted by molar-refractivity contribution is 0.669. The quantitative estimate of drug-likeness (QED) is 0.170. The first-order valence-electron chi connectivity index (χ1n) is 21.2. The van der Waals surface area contributed by atoms with Crippen LogP contribution >= 0.6 is 11.3 Å². The van der Waals surface area contributed by atoms with E-state index in [0.717, 1.165) is 48.0 Å². The van der Waals surface area contributed by atoms with Crippen molar-refractivity contribution in [1.29, 1.82) is 0 Å². The van der Waals surface area contributed by atoms with Crippen molar-refractivity contribution >= 4 is 53.4 Å². The van der Waals surface area contributed by atoms with Gasteiger partial charge >= 0.3 is 0 Å². The van der Waals surface area contributed by atoms with Crippen LogP contribution in [-0.4, -0.2) is 15.0 Å². The van der Waals surface area contributed by atoms with Gasteiger partial charge in [-0.1, -0.05) is 146 Å². The van der Waals surface area contributed by atoms with Crippen molar-refractivity contribution in [3.05, 3.63) is 188 Å². The fourth-order valence-corrected chi connectivity index (χ4v) is 8.43. The van der Waals surface area contributed by atoms with Crippen LogP contribution in [0.15, 0.2) is 192 Å². The monoisotopic (exact) mass is 739 g/mol. The Morgan fingerprint density at radius 2 is 0.964 bits per heavy atom. The summed E-state index contributed by atoms with van der Waals surface area (Å²) in [5.41, 5.74) is 6.03. The predicted molar refractivity (Wildman–Crippen MR) is 233 cm³/mol. The number of aromatic nitrogens is 3. The standard InChI is InChI=1S/C51H31N3OS/c1-4-12-32(13-5-1)35-20-22-36(23-21-35)49-52-50(38-24-26-40-42-28-37(33-14-6-2-7-15-33)25-27-44(42)55-45(40)30-38)54-51(53-49)43-29-39(34-16-8-3-9-17-34)31-47-48(43)41-18-10-11-19-46(41)56-47/h1-31H/i24D,25D,26D,27D,28D,30D. The third-order valence-corrected chi connectivity index (χ3v) is 11.1. The van der Waals surface area contributed by atoms with E-state index < -0.39 is 0 Å². The van der Waals surface area contributed by atoms with Gasteiger partial charge in [0.1, 0.15) is 11.2 Å². The molecule has 0 radical (unpaired) electrons. The second kappa shape index (κ2) is 13.3.